The van der Waals surface area contributed by atoms with Gasteiger partial charge in [-0.15, -0.1) is 11.3 Å². The molecular weight excluding hydrogens is 377 g/mol. The number of nitrogens with zero attached hydrogens (tertiary/aromatic N) is 3. The van der Waals surface area contributed by atoms with Gasteiger partial charge in [0, 0.05) is 54.6 Å². The van der Waals surface area contributed by atoms with E-state index in [9.17, 15) is 9.18 Å². The number of esters is 1. The topological polar surface area (TPSA) is 45.7 Å². The molecule has 0 bridgehead atoms. The predicted molar refractivity (Wildman–Crippen MR) is 109 cm³/mol. The number of carbonyl (C=O) groups is 1. The van der Waals surface area contributed by atoms with E-state index in [1.54, 1.807) is 19.2 Å². The summed E-state index contributed by atoms with van der Waals surface area (Å²) in [6, 6.07) is 10.9. The minimum absolute atomic E-state index is 0.286. The molecule has 0 radical (unpaired) electrons. The number of pyridine rings is 1. The second-order valence-electron chi connectivity index (χ2n) is 6.69. The molecule has 1 aliphatic rings. The third-order valence-corrected chi connectivity index (χ3v) is 6.13. The summed E-state index contributed by atoms with van der Waals surface area (Å²) >= 11 is 1.31. The van der Waals surface area contributed by atoms with Crippen LogP contribution in [0.3, 0.4) is 0 Å². The van der Waals surface area contributed by atoms with Crippen molar-refractivity contribution in [3.63, 3.8) is 0 Å². The van der Waals surface area contributed by atoms with E-state index in [1.807, 2.05) is 24.3 Å². The van der Waals surface area contributed by atoms with Crippen molar-refractivity contribution in [3.8, 4) is 0 Å². The number of benzene rings is 1. The van der Waals surface area contributed by atoms with Crippen molar-refractivity contribution in [1.82, 2.24) is 9.88 Å². The second kappa shape index (κ2) is 8.24. The van der Waals surface area contributed by atoms with Gasteiger partial charge in [-0.25, -0.2) is 14.2 Å². The zero-order valence-corrected chi connectivity index (χ0v) is 16.5. The molecule has 3 aromatic rings. The number of aromatic nitrogens is 1. The highest BCUT2D eigenvalue weighted by Crippen LogP contribution is 2.35. The van der Waals surface area contributed by atoms with Gasteiger partial charge in [0.05, 0.1) is 6.61 Å². The molecule has 0 atom stereocenters. The van der Waals surface area contributed by atoms with Crippen LogP contribution < -0.4 is 4.90 Å². The molecule has 0 N–H and O–H groups in total. The maximum Gasteiger partial charge on any atom is 0.348 e. The lowest BCUT2D eigenvalue weighted by molar-refractivity contribution is 0.0530. The molecule has 0 unspecified atom stereocenters. The smallest absolute Gasteiger partial charge is 0.348 e. The van der Waals surface area contributed by atoms with Crippen LogP contribution in [-0.4, -0.2) is 48.6 Å². The molecule has 146 valence electrons. The van der Waals surface area contributed by atoms with Gasteiger partial charge in [-0.3, -0.25) is 4.90 Å². The number of rotatable bonds is 5. The first-order valence-corrected chi connectivity index (χ1v) is 10.2. The Bertz CT molecular complexity index is 968. The Hall–Kier alpha value is -2.51. The summed E-state index contributed by atoms with van der Waals surface area (Å²) in [7, 11) is 0. The zero-order chi connectivity index (χ0) is 19.5. The molecule has 0 aliphatic carbocycles. The summed E-state index contributed by atoms with van der Waals surface area (Å²) in [4.78, 5) is 21.9. The van der Waals surface area contributed by atoms with E-state index < -0.39 is 0 Å². The molecule has 2 aromatic heterocycles. The molecule has 0 amide bonds. The molecule has 3 heterocycles. The number of thiophene rings is 1. The predicted octanol–water partition coefficient (Wildman–Crippen LogP) is 3.93. The Morgan fingerprint density at radius 3 is 2.71 bits per heavy atom. The average Bonchev–Trinajstić information content (AvgIpc) is 3.09. The largest absolute Gasteiger partial charge is 0.462 e. The molecule has 4 rings (SSSR count). The van der Waals surface area contributed by atoms with Gasteiger partial charge < -0.3 is 9.64 Å². The maximum absolute atomic E-state index is 14.6. The Morgan fingerprint density at radius 1 is 1.18 bits per heavy atom. The highest BCUT2D eigenvalue weighted by atomic mass is 32.1. The molecule has 1 saturated heterocycles. The Kier molecular flexibility index (Phi) is 5.54. The number of fused-ring (bicyclic) bond motifs is 1. The molecule has 0 saturated carbocycles. The van der Waals surface area contributed by atoms with E-state index in [4.69, 9.17) is 4.74 Å². The summed E-state index contributed by atoms with van der Waals surface area (Å²) in [5.41, 5.74) is 0.739. The first kappa shape index (κ1) is 18.8. The van der Waals surface area contributed by atoms with E-state index in [0.29, 0.717) is 23.4 Å². The SMILES string of the molecule is CCOC(=O)c1sc2cccc(F)c2c1CN1CCN(c2ccccn2)CC1. The fourth-order valence-corrected chi connectivity index (χ4v) is 4.70. The number of carbonyl (C=O) groups excluding carboxylic acids is 1. The van der Waals surface area contributed by atoms with Gasteiger partial charge in [-0.05, 0) is 31.2 Å². The first-order valence-electron chi connectivity index (χ1n) is 9.42. The first-order chi connectivity index (χ1) is 13.7. The van der Waals surface area contributed by atoms with Crippen LogP contribution in [0.2, 0.25) is 0 Å². The standard InChI is InChI=1S/C21H22FN3O2S/c1-2-27-21(26)20-15(19-16(22)6-5-7-17(19)28-20)14-24-10-12-25(13-11-24)18-8-3-4-9-23-18/h3-9H,2,10-14H2,1H3. The number of ether oxygens (including phenoxy) is 1. The van der Waals surface area contributed by atoms with Crippen LogP contribution in [0.25, 0.3) is 10.1 Å². The number of hydrogen-bond donors (Lipinski definition) is 0. The minimum atomic E-state index is -0.370. The van der Waals surface area contributed by atoms with Gasteiger partial charge in [0.25, 0.3) is 0 Å². The van der Waals surface area contributed by atoms with Crippen molar-refractivity contribution in [2.24, 2.45) is 0 Å². The van der Waals surface area contributed by atoms with E-state index in [2.05, 4.69) is 14.8 Å². The number of anilines is 1. The van der Waals surface area contributed by atoms with Gasteiger partial charge in [0.2, 0.25) is 0 Å². The monoisotopic (exact) mass is 399 g/mol. The van der Waals surface area contributed by atoms with Crippen molar-refractivity contribution in [2.75, 3.05) is 37.7 Å². The number of piperazine rings is 1. The number of hydrogen-bond acceptors (Lipinski definition) is 6. The van der Waals surface area contributed by atoms with Crippen molar-refractivity contribution in [1.29, 1.82) is 0 Å². The second-order valence-corrected chi connectivity index (χ2v) is 7.75. The van der Waals surface area contributed by atoms with Crippen molar-refractivity contribution in [3.05, 3.63) is 58.9 Å². The summed E-state index contributed by atoms with van der Waals surface area (Å²) in [5.74, 6) is 0.318. The van der Waals surface area contributed by atoms with Crippen LogP contribution in [-0.2, 0) is 11.3 Å². The molecule has 28 heavy (non-hydrogen) atoms. The molecule has 7 heteroatoms. The van der Waals surface area contributed by atoms with Crippen LogP contribution >= 0.6 is 11.3 Å². The van der Waals surface area contributed by atoms with Crippen molar-refractivity contribution >= 4 is 33.2 Å². The van der Waals surface area contributed by atoms with Crippen LogP contribution in [0.4, 0.5) is 10.2 Å². The number of halogens is 1. The van der Waals surface area contributed by atoms with Crippen molar-refractivity contribution < 1.29 is 13.9 Å². The Balaban J connectivity index is 1.56. The zero-order valence-electron chi connectivity index (χ0n) is 15.7. The highest BCUT2D eigenvalue weighted by molar-refractivity contribution is 7.21. The fourth-order valence-electron chi connectivity index (χ4n) is 3.58. The summed E-state index contributed by atoms with van der Waals surface area (Å²) < 4.78 is 20.6. The van der Waals surface area contributed by atoms with Crippen LogP contribution in [0, 0.1) is 5.82 Å². The van der Waals surface area contributed by atoms with Crippen molar-refractivity contribution in [2.45, 2.75) is 13.5 Å². The van der Waals surface area contributed by atoms with Gasteiger partial charge in [-0.1, -0.05) is 12.1 Å². The normalized spacial score (nSPS) is 15.1. The Morgan fingerprint density at radius 2 is 2.00 bits per heavy atom. The average molecular weight is 399 g/mol. The lowest BCUT2D eigenvalue weighted by atomic mass is 10.1. The quantitative estimate of drug-likeness (QED) is 0.608. The molecule has 5 nitrogen and oxygen atoms in total. The molecule has 1 aromatic carbocycles. The third kappa shape index (κ3) is 3.72. The van der Waals surface area contributed by atoms with Gasteiger partial charge in [-0.2, -0.15) is 0 Å². The van der Waals surface area contributed by atoms with Gasteiger partial charge >= 0.3 is 5.97 Å². The molecule has 1 fully saturated rings. The van der Waals surface area contributed by atoms with E-state index in [0.717, 1.165) is 42.3 Å². The van der Waals surface area contributed by atoms with Gasteiger partial charge in [0.15, 0.2) is 0 Å². The Labute approximate surface area is 167 Å². The minimum Gasteiger partial charge on any atom is -0.462 e. The van der Waals surface area contributed by atoms with Crippen LogP contribution in [0.5, 0.6) is 0 Å². The van der Waals surface area contributed by atoms with E-state index in [-0.39, 0.29) is 11.8 Å². The fraction of sp³-hybridized carbons (Fsp3) is 0.333. The third-order valence-electron chi connectivity index (χ3n) is 4.95. The van der Waals surface area contributed by atoms with Gasteiger partial charge in [0.1, 0.15) is 16.5 Å². The summed E-state index contributed by atoms with van der Waals surface area (Å²) in [6.45, 7) is 5.95. The van der Waals surface area contributed by atoms with Crippen LogP contribution in [0.15, 0.2) is 42.6 Å². The molecule has 1 aliphatic heterocycles. The lowest BCUT2D eigenvalue weighted by Crippen LogP contribution is -2.46. The molecule has 0 spiro atoms. The summed E-state index contributed by atoms with van der Waals surface area (Å²) in [5, 5.41) is 0.544. The van der Waals surface area contributed by atoms with E-state index >= 15 is 0 Å². The molecular formula is C21H22FN3O2S. The van der Waals surface area contributed by atoms with E-state index in [1.165, 1.54) is 17.4 Å². The highest BCUT2D eigenvalue weighted by Gasteiger charge is 2.25. The van der Waals surface area contributed by atoms with Crippen LogP contribution in [0.1, 0.15) is 22.2 Å². The maximum atomic E-state index is 14.6. The summed E-state index contributed by atoms with van der Waals surface area (Å²) in [6.07, 6.45) is 1.80. The lowest BCUT2D eigenvalue weighted by Gasteiger charge is -2.35.